The molecule has 3 aliphatic heterocycles. The van der Waals surface area contributed by atoms with Crippen LogP contribution in [-0.2, 0) is 27.4 Å². The number of aryl methyl sites for hydroxylation is 1. The van der Waals surface area contributed by atoms with E-state index >= 15 is 0 Å². The number of nitrogens with zero attached hydrogens (tertiary/aromatic N) is 3. The van der Waals surface area contributed by atoms with E-state index in [4.69, 9.17) is 4.74 Å². The van der Waals surface area contributed by atoms with Crippen molar-refractivity contribution in [2.75, 3.05) is 13.6 Å². The molecule has 0 aliphatic carbocycles. The van der Waals surface area contributed by atoms with Crippen LogP contribution >= 0.6 is 0 Å². The second-order valence-corrected chi connectivity index (χ2v) is 8.36. The Morgan fingerprint density at radius 2 is 2.28 bits per heavy atom. The highest BCUT2D eigenvalue weighted by Gasteiger charge is 2.67. The molecule has 4 atom stereocenters. The molecule has 1 aromatic heterocycles. The number of aromatic amines is 1. The van der Waals surface area contributed by atoms with Crippen LogP contribution in [0.4, 0.5) is 0 Å². The first kappa shape index (κ1) is 18.1. The lowest BCUT2D eigenvalue weighted by Crippen LogP contribution is -2.44. The first-order valence-corrected chi connectivity index (χ1v) is 9.92. The fourth-order valence-corrected chi connectivity index (χ4v) is 4.99. The number of carbonyl (C=O) groups excluding carboxylic acids is 2. The zero-order valence-electron chi connectivity index (χ0n) is 16.5. The second-order valence-electron chi connectivity index (χ2n) is 8.36. The normalized spacial score (nSPS) is 29.5. The Morgan fingerprint density at radius 3 is 3.03 bits per heavy atom. The van der Waals surface area contributed by atoms with Crippen molar-refractivity contribution in [1.82, 2.24) is 20.0 Å². The van der Waals surface area contributed by atoms with Crippen LogP contribution in [-0.4, -0.2) is 57.1 Å². The van der Waals surface area contributed by atoms with E-state index in [1.165, 1.54) is 0 Å². The number of hydrogen-bond donors (Lipinski definition) is 1. The Labute approximate surface area is 169 Å². The van der Waals surface area contributed by atoms with Crippen molar-refractivity contribution in [2.24, 2.45) is 11.8 Å². The number of benzene rings is 1. The van der Waals surface area contributed by atoms with Crippen molar-refractivity contribution in [3.05, 3.63) is 65.5 Å². The molecule has 29 heavy (non-hydrogen) atoms. The molecule has 150 valence electrons. The van der Waals surface area contributed by atoms with Gasteiger partial charge in [-0.1, -0.05) is 42.0 Å². The highest BCUT2D eigenvalue weighted by Crippen LogP contribution is 2.52. The highest BCUT2D eigenvalue weighted by atomic mass is 16.5. The third kappa shape index (κ3) is 2.88. The van der Waals surface area contributed by atoms with Crippen LogP contribution in [0.3, 0.4) is 0 Å². The SMILES string of the molecule is Cc1cccc(CN2C[C@]34C=C[C@H](O3)[C@H](C(=O)N(C)Cc3ccn[nH]3)[C@H]4C2=O)c1. The maximum Gasteiger partial charge on any atom is 0.230 e. The smallest absolute Gasteiger partial charge is 0.230 e. The Balaban J connectivity index is 1.37. The van der Waals surface area contributed by atoms with E-state index in [2.05, 4.69) is 16.3 Å². The molecule has 0 unspecified atom stereocenters. The average Bonchev–Trinajstić information content (AvgIpc) is 3.45. The molecule has 2 amide bonds. The lowest BCUT2D eigenvalue weighted by atomic mass is 9.76. The van der Waals surface area contributed by atoms with Crippen molar-refractivity contribution >= 4 is 11.8 Å². The number of likely N-dealkylation sites (tertiary alicyclic amines) is 1. The van der Waals surface area contributed by atoms with Crippen molar-refractivity contribution in [1.29, 1.82) is 0 Å². The summed E-state index contributed by atoms with van der Waals surface area (Å²) in [5.74, 6) is -1.000. The molecule has 1 spiro atoms. The molecule has 0 saturated carbocycles. The van der Waals surface area contributed by atoms with Crippen LogP contribution in [0.2, 0.25) is 0 Å². The average molecular weight is 392 g/mol. The van der Waals surface area contributed by atoms with Gasteiger partial charge < -0.3 is 14.5 Å². The van der Waals surface area contributed by atoms with Gasteiger partial charge in [-0.3, -0.25) is 14.7 Å². The molecule has 2 fully saturated rings. The van der Waals surface area contributed by atoms with Crippen LogP contribution in [0.25, 0.3) is 0 Å². The zero-order chi connectivity index (χ0) is 20.2. The molecular weight excluding hydrogens is 368 g/mol. The van der Waals surface area contributed by atoms with Crippen molar-refractivity contribution in [2.45, 2.75) is 31.7 Å². The fourth-order valence-electron chi connectivity index (χ4n) is 4.99. The number of fused-ring (bicyclic) bond motifs is 1. The summed E-state index contributed by atoms with van der Waals surface area (Å²) < 4.78 is 6.22. The minimum atomic E-state index is -0.680. The van der Waals surface area contributed by atoms with E-state index in [1.54, 1.807) is 18.1 Å². The van der Waals surface area contributed by atoms with Crippen molar-refractivity contribution in [3.8, 4) is 0 Å². The summed E-state index contributed by atoms with van der Waals surface area (Å²) in [7, 11) is 1.76. The number of ether oxygens (including phenoxy) is 1. The van der Waals surface area contributed by atoms with Gasteiger partial charge in [0.1, 0.15) is 5.60 Å². The van der Waals surface area contributed by atoms with Gasteiger partial charge in [-0.15, -0.1) is 0 Å². The van der Waals surface area contributed by atoms with Gasteiger partial charge in [0.05, 0.1) is 36.7 Å². The molecule has 1 N–H and O–H groups in total. The van der Waals surface area contributed by atoms with Crippen LogP contribution < -0.4 is 0 Å². The van der Waals surface area contributed by atoms with E-state index in [1.807, 2.05) is 48.2 Å². The molecule has 3 aliphatic rings. The van der Waals surface area contributed by atoms with Gasteiger partial charge in [-0.05, 0) is 18.6 Å². The maximum atomic E-state index is 13.3. The predicted molar refractivity (Wildman–Crippen MR) is 105 cm³/mol. The summed E-state index contributed by atoms with van der Waals surface area (Å²) in [4.78, 5) is 30.1. The first-order chi connectivity index (χ1) is 14.0. The van der Waals surface area contributed by atoms with Gasteiger partial charge in [0.15, 0.2) is 0 Å². The van der Waals surface area contributed by atoms with Gasteiger partial charge in [0.25, 0.3) is 0 Å². The Hall–Kier alpha value is -2.93. The summed E-state index contributed by atoms with van der Waals surface area (Å²) in [5.41, 5.74) is 2.43. The molecule has 7 nitrogen and oxygen atoms in total. The van der Waals surface area contributed by atoms with E-state index in [9.17, 15) is 9.59 Å². The van der Waals surface area contributed by atoms with Crippen LogP contribution in [0.15, 0.2) is 48.7 Å². The zero-order valence-corrected chi connectivity index (χ0v) is 16.5. The van der Waals surface area contributed by atoms with Crippen molar-refractivity contribution in [3.63, 3.8) is 0 Å². The minimum absolute atomic E-state index is 0.00615. The lowest BCUT2D eigenvalue weighted by molar-refractivity contribution is -0.142. The minimum Gasteiger partial charge on any atom is -0.360 e. The molecular formula is C22H24N4O3. The molecule has 5 rings (SSSR count). The third-order valence-corrected chi connectivity index (χ3v) is 6.26. The van der Waals surface area contributed by atoms with E-state index in [0.717, 1.165) is 16.8 Å². The molecule has 2 bridgehead atoms. The third-order valence-electron chi connectivity index (χ3n) is 6.26. The van der Waals surface area contributed by atoms with E-state index in [-0.39, 0.29) is 17.9 Å². The summed E-state index contributed by atoms with van der Waals surface area (Å²) in [5, 5.41) is 6.81. The second kappa shape index (κ2) is 6.56. The van der Waals surface area contributed by atoms with Gasteiger partial charge in [0.2, 0.25) is 11.8 Å². The summed E-state index contributed by atoms with van der Waals surface area (Å²) in [6.45, 7) is 3.49. The Morgan fingerprint density at radius 1 is 1.41 bits per heavy atom. The van der Waals surface area contributed by atoms with Gasteiger partial charge in [0, 0.05) is 19.8 Å². The lowest BCUT2D eigenvalue weighted by Gasteiger charge is -2.27. The number of aromatic nitrogens is 2. The number of hydrogen-bond acceptors (Lipinski definition) is 4. The maximum absolute atomic E-state index is 13.3. The molecule has 7 heteroatoms. The van der Waals surface area contributed by atoms with E-state index < -0.39 is 17.4 Å². The number of amides is 2. The van der Waals surface area contributed by atoms with E-state index in [0.29, 0.717) is 19.6 Å². The van der Waals surface area contributed by atoms with Crippen LogP contribution in [0.5, 0.6) is 0 Å². The molecule has 4 heterocycles. The molecule has 0 radical (unpaired) electrons. The Bertz CT molecular complexity index is 986. The van der Waals surface area contributed by atoms with Crippen LogP contribution in [0, 0.1) is 18.8 Å². The van der Waals surface area contributed by atoms with Gasteiger partial charge in [-0.2, -0.15) is 5.10 Å². The number of carbonyl (C=O) groups is 2. The van der Waals surface area contributed by atoms with Crippen molar-refractivity contribution < 1.29 is 14.3 Å². The van der Waals surface area contributed by atoms with Gasteiger partial charge >= 0.3 is 0 Å². The Kier molecular flexibility index (Phi) is 4.10. The van der Waals surface area contributed by atoms with Gasteiger partial charge in [-0.25, -0.2) is 0 Å². The monoisotopic (exact) mass is 392 g/mol. The number of rotatable bonds is 5. The van der Waals surface area contributed by atoms with Crippen LogP contribution in [0.1, 0.15) is 16.8 Å². The summed E-state index contributed by atoms with van der Waals surface area (Å²) in [6.07, 6.45) is 5.28. The highest BCUT2D eigenvalue weighted by molar-refractivity contribution is 5.93. The molecule has 2 aromatic rings. The largest absolute Gasteiger partial charge is 0.360 e. The standard InChI is InChI=1S/C22H24N4O3/c1-14-4-3-5-15(10-14)11-26-13-22-8-6-17(29-22)18(19(22)21(26)28)20(27)25(2)12-16-7-9-23-24-16/h3-10,17-19H,11-13H2,1-2H3,(H,23,24)/t17-,18-,19-,22-/m0/s1. The summed E-state index contributed by atoms with van der Waals surface area (Å²) in [6, 6.07) is 10.0. The quantitative estimate of drug-likeness (QED) is 0.785. The summed E-state index contributed by atoms with van der Waals surface area (Å²) >= 11 is 0. The molecule has 1 aromatic carbocycles. The topological polar surface area (TPSA) is 78.5 Å². The number of H-pyrrole nitrogens is 1. The predicted octanol–water partition coefficient (Wildman–Crippen LogP) is 1.66. The number of nitrogens with one attached hydrogen (secondary N) is 1. The fraction of sp³-hybridized carbons (Fsp3) is 0.409. The first-order valence-electron chi connectivity index (χ1n) is 9.92. The molecule has 2 saturated heterocycles.